The predicted molar refractivity (Wildman–Crippen MR) is 89.7 cm³/mol. The number of hydrazone groups is 1. The number of carbonyl (C=O) groups is 2. The number of hydrogen-bond donors (Lipinski definition) is 1. The van der Waals surface area contributed by atoms with Gasteiger partial charge in [0.25, 0.3) is 5.91 Å². The molecule has 1 unspecified atom stereocenters. The molecule has 24 heavy (non-hydrogen) atoms. The van der Waals surface area contributed by atoms with Gasteiger partial charge in [0, 0.05) is 18.9 Å². The number of rotatable bonds is 5. The van der Waals surface area contributed by atoms with Gasteiger partial charge in [-0.3, -0.25) is 14.6 Å². The fraction of sp³-hybridized carbons (Fsp3) is 0.222. The lowest BCUT2D eigenvalue weighted by Crippen LogP contribution is -2.39. The van der Waals surface area contributed by atoms with E-state index >= 15 is 0 Å². The summed E-state index contributed by atoms with van der Waals surface area (Å²) < 4.78 is 0. The second-order valence-corrected chi connectivity index (χ2v) is 5.63. The Morgan fingerprint density at radius 1 is 1.17 bits per heavy atom. The molecular weight excluding hydrogens is 304 g/mol. The average molecular weight is 322 g/mol. The van der Waals surface area contributed by atoms with E-state index in [0.29, 0.717) is 18.8 Å². The van der Waals surface area contributed by atoms with Crippen LogP contribution in [0, 0.1) is 5.92 Å². The van der Waals surface area contributed by atoms with Crippen LogP contribution in [0.2, 0.25) is 0 Å². The largest absolute Gasteiger partial charge is 0.351 e. The van der Waals surface area contributed by atoms with E-state index in [9.17, 15) is 9.59 Å². The highest BCUT2D eigenvalue weighted by Gasteiger charge is 2.38. The molecule has 0 saturated carbocycles. The van der Waals surface area contributed by atoms with Crippen LogP contribution in [0.4, 0.5) is 0 Å². The van der Waals surface area contributed by atoms with Gasteiger partial charge in [-0.05, 0) is 24.1 Å². The second-order valence-electron chi connectivity index (χ2n) is 5.63. The van der Waals surface area contributed by atoms with E-state index in [1.165, 1.54) is 5.01 Å². The van der Waals surface area contributed by atoms with Crippen molar-refractivity contribution in [3.8, 4) is 0 Å². The normalized spacial score (nSPS) is 16.9. The first-order chi connectivity index (χ1) is 11.6. The standard InChI is InChI=1S/C18H18N4O2/c1-13-16(17(23)20-11-15-8-5-9-19-10-15)18(24)22(21-13)12-14-6-3-2-4-7-14/h2-10,16H,11-12H2,1H3,(H,20,23). The maximum atomic E-state index is 12.5. The Morgan fingerprint density at radius 3 is 2.62 bits per heavy atom. The summed E-state index contributed by atoms with van der Waals surface area (Å²) in [7, 11) is 0. The van der Waals surface area contributed by atoms with Gasteiger partial charge in [0.05, 0.1) is 12.3 Å². The van der Waals surface area contributed by atoms with Gasteiger partial charge in [0.15, 0.2) is 5.92 Å². The lowest BCUT2D eigenvalue weighted by molar-refractivity contribution is -0.138. The third kappa shape index (κ3) is 3.48. The minimum Gasteiger partial charge on any atom is -0.351 e. The first-order valence-electron chi connectivity index (χ1n) is 7.72. The monoisotopic (exact) mass is 322 g/mol. The Hall–Kier alpha value is -3.02. The van der Waals surface area contributed by atoms with Crippen LogP contribution in [-0.2, 0) is 22.7 Å². The zero-order valence-corrected chi connectivity index (χ0v) is 13.3. The molecular formula is C18H18N4O2. The van der Waals surface area contributed by atoms with E-state index in [4.69, 9.17) is 0 Å². The molecule has 122 valence electrons. The molecule has 0 spiro atoms. The van der Waals surface area contributed by atoms with Crippen molar-refractivity contribution in [1.29, 1.82) is 0 Å². The van der Waals surface area contributed by atoms with Crippen LogP contribution >= 0.6 is 0 Å². The molecule has 2 heterocycles. The molecule has 1 atom stereocenters. The molecule has 1 aromatic heterocycles. The minimum atomic E-state index is -0.856. The number of benzene rings is 1. The van der Waals surface area contributed by atoms with E-state index < -0.39 is 5.92 Å². The van der Waals surface area contributed by atoms with Gasteiger partial charge in [0.1, 0.15) is 0 Å². The fourth-order valence-electron chi connectivity index (χ4n) is 2.59. The van der Waals surface area contributed by atoms with Gasteiger partial charge < -0.3 is 5.32 Å². The lowest BCUT2D eigenvalue weighted by Gasteiger charge is -2.14. The van der Waals surface area contributed by atoms with Crippen LogP contribution in [0.3, 0.4) is 0 Å². The van der Waals surface area contributed by atoms with Crippen molar-refractivity contribution >= 4 is 17.5 Å². The van der Waals surface area contributed by atoms with Crippen molar-refractivity contribution in [2.75, 3.05) is 0 Å². The number of amides is 2. The lowest BCUT2D eigenvalue weighted by atomic mass is 10.0. The first kappa shape index (κ1) is 15.9. The van der Waals surface area contributed by atoms with Crippen LogP contribution in [0.25, 0.3) is 0 Å². The van der Waals surface area contributed by atoms with Gasteiger partial charge >= 0.3 is 0 Å². The molecule has 0 bridgehead atoms. The van der Waals surface area contributed by atoms with E-state index in [-0.39, 0.29) is 11.8 Å². The molecule has 3 rings (SSSR count). The number of nitrogens with one attached hydrogen (secondary N) is 1. The van der Waals surface area contributed by atoms with Crippen molar-refractivity contribution in [1.82, 2.24) is 15.3 Å². The van der Waals surface area contributed by atoms with E-state index in [1.807, 2.05) is 36.4 Å². The molecule has 2 aromatic rings. The fourth-order valence-corrected chi connectivity index (χ4v) is 2.59. The highest BCUT2D eigenvalue weighted by atomic mass is 16.2. The number of carbonyl (C=O) groups excluding carboxylic acids is 2. The molecule has 6 heteroatoms. The summed E-state index contributed by atoms with van der Waals surface area (Å²) in [5.74, 6) is -1.48. The van der Waals surface area contributed by atoms with E-state index in [2.05, 4.69) is 15.4 Å². The Kier molecular flexibility index (Phi) is 4.65. The van der Waals surface area contributed by atoms with Crippen molar-refractivity contribution < 1.29 is 9.59 Å². The Balaban J connectivity index is 1.63. The summed E-state index contributed by atoms with van der Waals surface area (Å²) in [5.41, 5.74) is 2.37. The molecule has 1 aromatic carbocycles. The van der Waals surface area contributed by atoms with Crippen LogP contribution in [0.5, 0.6) is 0 Å². The molecule has 0 radical (unpaired) electrons. The number of nitrogens with zero attached hydrogens (tertiary/aromatic N) is 3. The summed E-state index contributed by atoms with van der Waals surface area (Å²) in [5, 5.41) is 8.39. The van der Waals surface area contributed by atoms with Gasteiger partial charge in [0.2, 0.25) is 5.91 Å². The minimum absolute atomic E-state index is 0.292. The summed E-state index contributed by atoms with van der Waals surface area (Å²) in [6, 6.07) is 13.2. The van der Waals surface area contributed by atoms with Gasteiger partial charge in [-0.15, -0.1) is 0 Å². The molecule has 2 amide bonds. The highest BCUT2D eigenvalue weighted by molar-refractivity contribution is 6.21. The highest BCUT2D eigenvalue weighted by Crippen LogP contribution is 2.19. The molecule has 1 aliphatic rings. The zero-order chi connectivity index (χ0) is 16.9. The quantitative estimate of drug-likeness (QED) is 0.852. The Bertz CT molecular complexity index is 759. The van der Waals surface area contributed by atoms with Crippen molar-refractivity contribution in [3.63, 3.8) is 0 Å². The topological polar surface area (TPSA) is 74.7 Å². The maximum Gasteiger partial charge on any atom is 0.261 e. The van der Waals surface area contributed by atoms with Gasteiger partial charge in [-0.2, -0.15) is 5.10 Å². The first-order valence-corrected chi connectivity index (χ1v) is 7.72. The smallest absolute Gasteiger partial charge is 0.261 e. The van der Waals surface area contributed by atoms with Gasteiger partial charge in [-0.1, -0.05) is 36.4 Å². The predicted octanol–water partition coefficient (Wildman–Crippen LogP) is 1.73. The van der Waals surface area contributed by atoms with Crippen LogP contribution in [0.1, 0.15) is 18.1 Å². The molecule has 6 nitrogen and oxygen atoms in total. The maximum absolute atomic E-state index is 12.5. The van der Waals surface area contributed by atoms with Crippen molar-refractivity contribution in [3.05, 3.63) is 66.0 Å². The molecule has 0 fully saturated rings. The van der Waals surface area contributed by atoms with E-state index in [1.54, 1.807) is 25.4 Å². The van der Waals surface area contributed by atoms with E-state index in [0.717, 1.165) is 11.1 Å². The summed E-state index contributed by atoms with van der Waals surface area (Å²) >= 11 is 0. The van der Waals surface area contributed by atoms with Crippen molar-refractivity contribution in [2.45, 2.75) is 20.0 Å². The number of pyridine rings is 1. The second kappa shape index (κ2) is 7.04. The van der Waals surface area contributed by atoms with Crippen LogP contribution in [-0.4, -0.2) is 27.5 Å². The van der Waals surface area contributed by atoms with Crippen molar-refractivity contribution in [2.24, 2.45) is 11.0 Å². The Labute approximate surface area is 140 Å². The third-order valence-corrected chi connectivity index (χ3v) is 3.82. The number of hydrogen-bond acceptors (Lipinski definition) is 4. The molecule has 1 N–H and O–H groups in total. The summed E-state index contributed by atoms with van der Waals surface area (Å²) in [6.07, 6.45) is 3.35. The average Bonchev–Trinajstić information content (AvgIpc) is 2.88. The van der Waals surface area contributed by atoms with Gasteiger partial charge in [-0.25, -0.2) is 5.01 Å². The molecule has 1 aliphatic heterocycles. The molecule has 0 saturated heterocycles. The zero-order valence-electron chi connectivity index (χ0n) is 13.3. The van der Waals surface area contributed by atoms with Crippen LogP contribution in [0.15, 0.2) is 60.0 Å². The van der Waals surface area contributed by atoms with Crippen LogP contribution < -0.4 is 5.32 Å². The third-order valence-electron chi connectivity index (χ3n) is 3.82. The summed E-state index contributed by atoms with van der Waals surface area (Å²) in [4.78, 5) is 28.9. The Morgan fingerprint density at radius 2 is 1.92 bits per heavy atom. The SMILES string of the molecule is CC1=NN(Cc2ccccc2)C(=O)C1C(=O)NCc1cccnc1. The number of aromatic nitrogens is 1. The molecule has 0 aliphatic carbocycles. The summed E-state index contributed by atoms with van der Waals surface area (Å²) in [6.45, 7) is 2.41.